The van der Waals surface area contributed by atoms with Crippen molar-refractivity contribution in [1.82, 2.24) is 0 Å². The van der Waals surface area contributed by atoms with E-state index in [4.69, 9.17) is 4.74 Å². The molecule has 0 unspecified atom stereocenters. The highest BCUT2D eigenvalue weighted by atomic mass is 79.9. The standard InChI is InChI=1S/C13H17BrO2/c1-4-16-12-6-5-10(9-11(12)14)13(2,3)7-8-15/h5-6,8-9H,4,7H2,1-3H3. The Hall–Kier alpha value is -0.830. The molecule has 2 nitrogen and oxygen atoms in total. The average molecular weight is 285 g/mol. The Morgan fingerprint density at radius 2 is 2.12 bits per heavy atom. The van der Waals surface area contributed by atoms with Gasteiger partial charge in [-0.05, 0) is 46.0 Å². The number of aldehydes is 1. The van der Waals surface area contributed by atoms with Gasteiger partial charge in [0.25, 0.3) is 0 Å². The maximum absolute atomic E-state index is 10.6. The summed E-state index contributed by atoms with van der Waals surface area (Å²) < 4.78 is 6.38. The van der Waals surface area contributed by atoms with Crippen molar-refractivity contribution in [2.75, 3.05) is 6.61 Å². The molecule has 0 N–H and O–H groups in total. The quantitative estimate of drug-likeness (QED) is 0.771. The molecule has 16 heavy (non-hydrogen) atoms. The maximum Gasteiger partial charge on any atom is 0.133 e. The van der Waals surface area contributed by atoms with Gasteiger partial charge in [-0.3, -0.25) is 0 Å². The summed E-state index contributed by atoms with van der Waals surface area (Å²) in [7, 11) is 0. The Balaban J connectivity index is 3.00. The molecule has 0 atom stereocenters. The summed E-state index contributed by atoms with van der Waals surface area (Å²) in [5.74, 6) is 0.841. The summed E-state index contributed by atoms with van der Waals surface area (Å²) in [4.78, 5) is 10.6. The molecule has 0 aliphatic carbocycles. The first kappa shape index (κ1) is 13.2. The highest BCUT2D eigenvalue weighted by Crippen LogP contribution is 2.33. The highest BCUT2D eigenvalue weighted by Gasteiger charge is 2.20. The zero-order chi connectivity index (χ0) is 12.2. The van der Waals surface area contributed by atoms with Crippen molar-refractivity contribution in [2.24, 2.45) is 0 Å². The third-order valence-corrected chi connectivity index (χ3v) is 3.23. The van der Waals surface area contributed by atoms with E-state index in [-0.39, 0.29) is 5.41 Å². The number of carbonyl (C=O) groups is 1. The second kappa shape index (κ2) is 5.48. The van der Waals surface area contributed by atoms with E-state index >= 15 is 0 Å². The summed E-state index contributed by atoms with van der Waals surface area (Å²) in [6, 6.07) is 5.98. The Kier molecular flexibility index (Phi) is 4.54. The summed E-state index contributed by atoms with van der Waals surface area (Å²) in [6.45, 7) is 6.72. The number of benzene rings is 1. The fraction of sp³-hybridized carbons (Fsp3) is 0.462. The van der Waals surface area contributed by atoms with Crippen LogP contribution < -0.4 is 4.74 Å². The molecule has 0 radical (unpaired) electrons. The van der Waals surface area contributed by atoms with Crippen LogP contribution in [0.15, 0.2) is 22.7 Å². The van der Waals surface area contributed by atoms with Gasteiger partial charge in [0.05, 0.1) is 11.1 Å². The largest absolute Gasteiger partial charge is 0.493 e. The number of hydrogen-bond donors (Lipinski definition) is 0. The molecule has 88 valence electrons. The first-order chi connectivity index (χ1) is 7.51. The van der Waals surface area contributed by atoms with Crippen molar-refractivity contribution < 1.29 is 9.53 Å². The molecule has 0 fully saturated rings. The molecule has 1 rings (SSSR count). The van der Waals surface area contributed by atoms with Crippen molar-refractivity contribution in [3.8, 4) is 5.75 Å². The average Bonchev–Trinajstić information content (AvgIpc) is 2.21. The minimum absolute atomic E-state index is 0.130. The van der Waals surface area contributed by atoms with Crippen LogP contribution in [0.3, 0.4) is 0 Å². The monoisotopic (exact) mass is 284 g/mol. The summed E-state index contributed by atoms with van der Waals surface area (Å²) in [5, 5.41) is 0. The summed E-state index contributed by atoms with van der Waals surface area (Å²) in [5.41, 5.74) is 1.00. The maximum atomic E-state index is 10.6. The van der Waals surface area contributed by atoms with E-state index in [0.717, 1.165) is 22.1 Å². The highest BCUT2D eigenvalue weighted by molar-refractivity contribution is 9.10. The smallest absolute Gasteiger partial charge is 0.133 e. The second-order valence-electron chi connectivity index (χ2n) is 4.33. The molecule has 0 amide bonds. The second-order valence-corrected chi connectivity index (χ2v) is 5.19. The molecule has 3 heteroatoms. The van der Waals surface area contributed by atoms with E-state index in [1.165, 1.54) is 0 Å². The number of carbonyl (C=O) groups excluding carboxylic acids is 1. The van der Waals surface area contributed by atoms with Crippen molar-refractivity contribution in [1.29, 1.82) is 0 Å². The van der Waals surface area contributed by atoms with Gasteiger partial charge in [-0.15, -0.1) is 0 Å². The van der Waals surface area contributed by atoms with Crippen LogP contribution in [0.5, 0.6) is 5.75 Å². The zero-order valence-corrected chi connectivity index (χ0v) is 11.5. The van der Waals surface area contributed by atoms with Crippen molar-refractivity contribution in [3.63, 3.8) is 0 Å². The fourth-order valence-electron chi connectivity index (χ4n) is 1.52. The van der Waals surface area contributed by atoms with Crippen LogP contribution in [0.1, 0.15) is 32.8 Å². The van der Waals surface area contributed by atoms with Crippen LogP contribution in [-0.4, -0.2) is 12.9 Å². The molecular formula is C13H17BrO2. The third kappa shape index (κ3) is 3.08. The normalized spacial score (nSPS) is 11.2. The Labute approximate surface area is 105 Å². The molecule has 0 aliphatic heterocycles. The Morgan fingerprint density at radius 1 is 1.44 bits per heavy atom. The van der Waals surface area contributed by atoms with Gasteiger partial charge in [0.1, 0.15) is 12.0 Å². The number of hydrogen-bond acceptors (Lipinski definition) is 2. The number of ether oxygens (including phenoxy) is 1. The molecule has 0 saturated heterocycles. The van der Waals surface area contributed by atoms with Gasteiger partial charge in [-0.1, -0.05) is 19.9 Å². The van der Waals surface area contributed by atoms with Crippen LogP contribution >= 0.6 is 15.9 Å². The molecule has 1 aromatic carbocycles. The van der Waals surface area contributed by atoms with Gasteiger partial charge >= 0.3 is 0 Å². The van der Waals surface area contributed by atoms with E-state index in [1.807, 2.05) is 25.1 Å². The molecule has 0 heterocycles. The van der Waals surface area contributed by atoms with Gasteiger partial charge in [0.15, 0.2) is 0 Å². The third-order valence-electron chi connectivity index (χ3n) is 2.61. The topological polar surface area (TPSA) is 26.3 Å². The lowest BCUT2D eigenvalue weighted by Gasteiger charge is -2.23. The van der Waals surface area contributed by atoms with Gasteiger partial charge in [0.2, 0.25) is 0 Å². The summed E-state index contributed by atoms with van der Waals surface area (Å²) >= 11 is 3.48. The van der Waals surface area contributed by atoms with E-state index < -0.39 is 0 Å². The lowest BCUT2D eigenvalue weighted by molar-refractivity contribution is -0.108. The first-order valence-corrected chi connectivity index (χ1v) is 6.17. The molecular weight excluding hydrogens is 268 g/mol. The molecule has 0 spiro atoms. The van der Waals surface area contributed by atoms with E-state index in [2.05, 4.69) is 29.8 Å². The molecule has 0 bridgehead atoms. The molecule has 1 aromatic rings. The van der Waals surface area contributed by atoms with Crippen LogP contribution in [0.25, 0.3) is 0 Å². The van der Waals surface area contributed by atoms with Crippen molar-refractivity contribution in [2.45, 2.75) is 32.6 Å². The van der Waals surface area contributed by atoms with Crippen LogP contribution in [0.2, 0.25) is 0 Å². The number of halogens is 1. The van der Waals surface area contributed by atoms with E-state index in [0.29, 0.717) is 13.0 Å². The van der Waals surface area contributed by atoms with Crippen molar-refractivity contribution in [3.05, 3.63) is 28.2 Å². The summed E-state index contributed by atoms with van der Waals surface area (Å²) in [6.07, 6.45) is 1.48. The minimum atomic E-state index is -0.130. The van der Waals surface area contributed by atoms with Crippen LogP contribution in [0.4, 0.5) is 0 Å². The van der Waals surface area contributed by atoms with Gasteiger partial charge in [-0.25, -0.2) is 0 Å². The molecule has 0 aromatic heterocycles. The van der Waals surface area contributed by atoms with Crippen LogP contribution in [0, 0.1) is 0 Å². The number of rotatable bonds is 5. The SMILES string of the molecule is CCOc1ccc(C(C)(C)CC=O)cc1Br. The van der Waals surface area contributed by atoms with Crippen molar-refractivity contribution >= 4 is 22.2 Å². The fourth-order valence-corrected chi connectivity index (χ4v) is 2.01. The van der Waals surface area contributed by atoms with E-state index in [9.17, 15) is 4.79 Å². The molecule has 0 saturated carbocycles. The first-order valence-electron chi connectivity index (χ1n) is 5.37. The lowest BCUT2D eigenvalue weighted by Crippen LogP contribution is -2.17. The Bertz CT molecular complexity index is 372. The van der Waals surface area contributed by atoms with Gasteiger partial charge in [-0.2, -0.15) is 0 Å². The Morgan fingerprint density at radius 3 is 2.62 bits per heavy atom. The van der Waals surface area contributed by atoms with Gasteiger partial charge < -0.3 is 9.53 Å². The molecule has 0 aliphatic rings. The predicted molar refractivity (Wildman–Crippen MR) is 69.0 cm³/mol. The van der Waals surface area contributed by atoms with Crippen LogP contribution in [-0.2, 0) is 10.2 Å². The zero-order valence-electron chi connectivity index (χ0n) is 9.92. The van der Waals surface area contributed by atoms with Gasteiger partial charge in [0, 0.05) is 6.42 Å². The minimum Gasteiger partial charge on any atom is -0.493 e. The lowest BCUT2D eigenvalue weighted by atomic mass is 9.82. The van der Waals surface area contributed by atoms with E-state index in [1.54, 1.807) is 0 Å². The predicted octanol–water partition coefficient (Wildman–Crippen LogP) is 3.71.